The van der Waals surface area contributed by atoms with Crippen molar-refractivity contribution in [3.05, 3.63) is 65.7 Å². The Kier molecular flexibility index (Phi) is 4.44. The Bertz CT molecular complexity index is 955. The van der Waals surface area contributed by atoms with Crippen molar-refractivity contribution in [3.63, 3.8) is 0 Å². The first-order valence-electron chi connectivity index (χ1n) is 8.92. The van der Waals surface area contributed by atoms with E-state index in [1.807, 2.05) is 18.2 Å². The van der Waals surface area contributed by atoms with Gasteiger partial charge in [0.1, 0.15) is 5.82 Å². The lowest BCUT2D eigenvalue weighted by Crippen LogP contribution is -2.33. The van der Waals surface area contributed by atoms with Gasteiger partial charge in [-0.3, -0.25) is 0 Å². The van der Waals surface area contributed by atoms with Crippen molar-refractivity contribution in [2.75, 3.05) is 29.9 Å². The van der Waals surface area contributed by atoms with E-state index in [0.29, 0.717) is 23.3 Å². The number of hydrogen-bond acceptors (Lipinski definition) is 4. The van der Waals surface area contributed by atoms with Crippen LogP contribution in [0.25, 0.3) is 10.9 Å². The minimum absolute atomic E-state index is 0.279. The van der Waals surface area contributed by atoms with Crippen molar-refractivity contribution < 1.29 is 9.90 Å². The molecule has 1 aromatic heterocycles. The molecule has 0 radical (unpaired) electrons. The van der Waals surface area contributed by atoms with Crippen LogP contribution in [0, 0.1) is 0 Å². The average Bonchev–Trinajstić information content (AvgIpc) is 2.67. The molecule has 5 heteroatoms. The quantitative estimate of drug-likeness (QED) is 0.735. The van der Waals surface area contributed by atoms with E-state index < -0.39 is 5.97 Å². The number of nitrogens with one attached hydrogen (secondary N) is 1. The molecule has 4 rings (SSSR count). The Hall–Kier alpha value is -3.08. The van der Waals surface area contributed by atoms with Crippen LogP contribution in [0.2, 0.25) is 0 Å². The Labute approximate surface area is 152 Å². The number of fused-ring (bicyclic) bond motifs is 2. The van der Waals surface area contributed by atoms with Gasteiger partial charge in [-0.1, -0.05) is 36.4 Å². The number of hydrogen-bond donors (Lipinski definition) is 2. The highest BCUT2D eigenvalue weighted by molar-refractivity contribution is 6.03. The minimum Gasteiger partial charge on any atom is -0.478 e. The molecule has 26 heavy (non-hydrogen) atoms. The Morgan fingerprint density at radius 2 is 1.96 bits per heavy atom. The van der Waals surface area contributed by atoms with E-state index in [1.54, 1.807) is 12.1 Å². The maximum atomic E-state index is 11.6. The monoisotopic (exact) mass is 347 g/mol. The van der Waals surface area contributed by atoms with Gasteiger partial charge in [-0.05, 0) is 36.6 Å². The normalized spacial score (nSPS) is 13.5. The van der Waals surface area contributed by atoms with E-state index in [9.17, 15) is 9.90 Å². The molecule has 0 aliphatic carbocycles. The maximum absolute atomic E-state index is 11.6. The molecule has 1 aliphatic rings. The fourth-order valence-electron chi connectivity index (χ4n) is 3.61. The van der Waals surface area contributed by atoms with Gasteiger partial charge >= 0.3 is 5.97 Å². The molecule has 1 aliphatic heterocycles. The van der Waals surface area contributed by atoms with E-state index >= 15 is 0 Å². The number of nitrogens with zero attached hydrogens (tertiary/aromatic N) is 2. The van der Waals surface area contributed by atoms with Crippen LogP contribution >= 0.6 is 0 Å². The summed E-state index contributed by atoms with van der Waals surface area (Å²) in [6.45, 7) is 2.61. The number of aromatic nitrogens is 1. The van der Waals surface area contributed by atoms with E-state index in [1.165, 1.54) is 11.3 Å². The number of carboxylic acid groups (broad SMARTS) is 1. The molecular weight excluding hydrogens is 326 g/mol. The Morgan fingerprint density at radius 1 is 1.15 bits per heavy atom. The number of carbonyl (C=O) groups is 1. The van der Waals surface area contributed by atoms with Crippen LogP contribution in [0.5, 0.6) is 0 Å². The second-order valence-electron chi connectivity index (χ2n) is 6.52. The van der Waals surface area contributed by atoms with Crippen LogP contribution in [0.3, 0.4) is 0 Å². The molecule has 0 fully saturated rings. The molecule has 3 aromatic rings. The van der Waals surface area contributed by atoms with Crippen LogP contribution in [-0.2, 0) is 6.42 Å². The second kappa shape index (κ2) is 7.04. The van der Waals surface area contributed by atoms with Crippen molar-refractivity contribution in [1.29, 1.82) is 0 Å². The average molecular weight is 347 g/mol. The summed E-state index contributed by atoms with van der Waals surface area (Å²) in [5.41, 5.74) is 3.67. The highest BCUT2D eigenvalue weighted by Crippen LogP contribution is 2.26. The number of anilines is 2. The van der Waals surface area contributed by atoms with Crippen LogP contribution in [0.1, 0.15) is 22.3 Å². The Balaban J connectivity index is 1.50. The molecular formula is C21H21N3O2. The van der Waals surface area contributed by atoms with Crippen molar-refractivity contribution >= 4 is 28.4 Å². The summed E-state index contributed by atoms with van der Waals surface area (Å²) in [6, 6.07) is 17.5. The fraction of sp³-hybridized carbons (Fsp3) is 0.238. The van der Waals surface area contributed by atoms with Gasteiger partial charge in [0, 0.05) is 30.7 Å². The van der Waals surface area contributed by atoms with Gasteiger partial charge in [0.2, 0.25) is 0 Å². The highest BCUT2D eigenvalue weighted by Gasteiger charge is 2.16. The zero-order chi connectivity index (χ0) is 17.9. The predicted octanol–water partition coefficient (Wildman–Crippen LogP) is 3.80. The maximum Gasteiger partial charge on any atom is 0.336 e. The summed E-state index contributed by atoms with van der Waals surface area (Å²) >= 11 is 0. The number of rotatable bonds is 5. The SMILES string of the molecule is O=C(O)c1cc(NCCN2CCCc3ccccc32)nc2ccccc12. The molecule has 0 saturated heterocycles. The third-order valence-corrected chi connectivity index (χ3v) is 4.84. The zero-order valence-electron chi connectivity index (χ0n) is 14.5. The summed E-state index contributed by atoms with van der Waals surface area (Å²) in [4.78, 5) is 18.5. The number of aryl methyl sites for hydroxylation is 1. The smallest absolute Gasteiger partial charge is 0.336 e. The molecule has 0 saturated carbocycles. The molecule has 0 unspecified atom stereocenters. The number of benzene rings is 2. The lowest BCUT2D eigenvalue weighted by atomic mass is 10.0. The van der Waals surface area contributed by atoms with Crippen LogP contribution in [0.15, 0.2) is 54.6 Å². The van der Waals surface area contributed by atoms with E-state index in [4.69, 9.17) is 0 Å². The summed E-state index contributed by atoms with van der Waals surface area (Å²) in [6.07, 6.45) is 2.29. The van der Waals surface area contributed by atoms with Gasteiger partial charge in [-0.25, -0.2) is 9.78 Å². The number of carboxylic acids is 1. The summed E-state index contributed by atoms with van der Waals surface area (Å²) in [5, 5.41) is 13.4. The standard InChI is InChI=1S/C21H21N3O2/c25-21(26)17-14-20(23-18-9-3-2-8-16(17)18)22-11-13-24-12-5-7-15-6-1-4-10-19(15)24/h1-4,6,8-10,14H,5,7,11-13H2,(H,22,23)(H,25,26). The predicted molar refractivity (Wildman–Crippen MR) is 104 cm³/mol. The lowest BCUT2D eigenvalue weighted by Gasteiger charge is -2.31. The highest BCUT2D eigenvalue weighted by atomic mass is 16.4. The Morgan fingerprint density at radius 3 is 2.85 bits per heavy atom. The van der Waals surface area contributed by atoms with Gasteiger partial charge in [0.25, 0.3) is 0 Å². The molecule has 2 aromatic carbocycles. The summed E-state index contributed by atoms with van der Waals surface area (Å²) in [5.74, 6) is -0.331. The first-order valence-corrected chi connectivity index (χ1v) is 8.92. The summed E-state index contributed by atoms with van der Waals surface area (Å²) < 4.78 is 0. The van der Waals surface area contributed by atoms with Gasteiger partial charge in [-0.15, -0.1) is 0 Å². The van der Waals surface area contributed by atoms with Crippen LogP contribution in [-0.4, -0.2) is 35.7 Å². The molecule has 5 nitrogen and oxygen atoms in total. The molecule has 2 N–H and O–H groups in total. The van der Waals surface area contributed by atoms with E-state index in [0.717, 1.165) is 25.9 Å². The van der Waals surface area contributed by atoms with Crippen molar-refractivity contribution in [1.82, 2.24) is 4.98 Å². The molecule has 0 amide bonds. The molecule has 2 heterocycles. The van der Waals surface area contributed by atoms with Gasteiger partial charge in [0.05, 0.1) is 11.1 Å². The van der Waals surface area contributed by atoms with Crippen molar-refractivity contribution in [3.8, 4) is 0 Å². The largest absolute Gasteiger partial charge is 0.478 e. The third-order valence-electron chi connectivity index (χ3n) is 4.84. The first-order chi connectivity index (χ1) is 12.7. The summed E-state index contributed by atoms with van der Waals surface area (Å²) in [7, 11) is 0. The number of para-hydroxylation sites is 2. The van der Waals surface area contributed by atoms with E-state index in [-0.39, 0.29) is 5.56 Å². The zero-order valence-corrected chi connectivity index (χ0v) is 14.5. The van der Waals surface area contributed by atoms with Crippen molar-refractivity contribution in [2.24, 2.45) is 0 Å². The fourth-order valence-corrected chi connectivity index (χ4v) is 3.61. The lowest BCUT2D eigenvalue weighted by molar-refractivity contribution is 0.0699. The first kappa shape index (κ1) is 16.4. The van der Waals surface area contributed by atoms with Crippen LogP contribution < -0.4 is 10.2 Å². The second-order valence-corrected chi connectivity index (χ2v) is 6.52. The van der Waals surface area contributed by atoms with E-state index in [2.05, 4.69) is 39.5 Å². The minimum atomic E-state index is -0.934. The molecule has 0 atom stereocenters. The molecule has 0 spiro atoms. The molecule has 132 valence electrons. The number of aromatic carboxylic acids is 1. The van der Waals surface area contributed by atoms with Gasteiger partial charge in [-0.2, -0.15) is 0 Å². The van der Waals surface area contributed by atoms with Gasteiger partial charge in [0.15, 0.2) is 0 Å². The molecule has 0 bridgehead atoms. The number of pyridine rings is 1. The topological polar surface area (TPSA) is 65.5 Å². The van der Waals surface area contributed by atoms with Crippen LogP contribution in [0.4, 0.5) is 11.5 Å². The van der Waals surface area contributed by atoms with Gasteiger partial charge < -0.3 is 15.3 Å². The van der Waals surface area contributed by atoms with Crippen molar-refractivity contribution in [2.45, 2.75) is 12.8 Å². The third kappa shape index (κ3) is 3.20.